The van der Waals surface area contributed by atoms with Gasteiger partial charge in [-0.1, -0.05) is 32.6 Å². The molecule has 19 heavy (non-hydrogen) atoms. The van der Waals surface area contributed by atoms with Crippen LogP contribution in [0.4, 0.5) is 0 Å². The molecule has 0 aromatic carbocycles. The van der Waals surface area contributed by atoms with Crippen LogP contribution in [-0.4, -0.2) is 16.3 Å². The van der Waals surface area contributed by atoms with E-state index in [0.29, 0.717) is 6.04 Å². The molecule has 1 heterocycles. The molecule has 3 nitrogen and oxygen atoms in total. The first-order valence-electron chi connectivity index (χ1n) is 7.89. The van der Waals surface area contributed by atoms with Gasteiger partial charge in [-0.2, -0.15) is 5.10 Å². The van der Waals surface area contributed by atoms with Crippen LogP contribution in [0.5, 0.6) is 0 Å². The molecule has 108 valence electrons. The predicted molar refractivity (Wildman–Crippen MR) is 80.1 cm³/mol. The fraction of sp³-hybridized carbons (Fsp3) is 0.812. The van der Waals surface area contributed by atoms with Crippen molar-refractivity contribution in [1.82, 2.24) is 15.1 Å². The summed E-state index contributed by atoms with van der Waals surface area (Å²) in [7, 11) is 0. The average molecular weight is 263 g/mol. The van der Waals surface area contributed by atoms with E-state index in [1.54, 1.807) is 0 Å². The normalized spacial score (nSPS) is 24.0. The van der Waals surface area contributed by atoms with Gasteiger partial charge in [-0.25, -0.2) is 0 Å². The number of hydrogen-bond donors (Lipinski definition) is 1. The summed E-state index contributed by atoms with van der Waals surface area (Å²) in [6.07, 6.45) is 11.2. The molecular formula is C16H29N3. The van der Waals surface area contributed by atoms with Gasteiger partial charge >= 0.3 is 0 Å². The lowest BCUT2D eigenvalue weighted by atomic mass is 9.81. The van der Waals surface area contributed by atoms with Crippen LogP contribution in [0.1, 0.15) is 64.5 Å². The van der Waals surface area contributed by atoms with Crippen LogP contribution in [0.2, 0.25) is 0 Å². The third-order valence-electron chi connectivity index (χ3n) is 4.38. The van der Waals surface area contributed by atoms with E-state index in [1.165, 1.54) is 37.7 Å². The maximum Gasteiger partial charge on any atom is 0.0534 e. The first kappa shape index (κ1) is 14.6. The van der Waals surface area contributed by atoms with Gasteiger partial charge in [0, 0.05) is 24.3 Å². The van der Waals surface area contributed by atoms with Crippen molar-refractivity contribution in [3.8, 4) is 0 Å². The summed E-state index contributed by atoms with van der Waals surface area (Å²) in [6, 6.07) is 0.456. The Morgan fingerprint density at radius 2 is 2.05 bits per heavy atom. The SMILES string of the molecule is CC1CCC(CCNCc2cnn(C(C)C)c2)CC1. The highest BCUT2D eigenvalue weighted by atomic mass is 15.3. The summed E-state index contributed by atoms with van der Waals surface area (Å²) in [4.78, 5) is 0. The standard InChI is InChI=1S/C16H29N3/c1-13(2)19-12-16(11-18-19)10-17-9-8-15-6-4-14(3)5-7-15/h11-15,17H,4-10H2,1-3H3. The average Bonchev–Trinajstić information content (AvgIpc) is 2.86. The van der Waals surface area contributed by atoms with Gasteiger partial charge in [-0.15, -0.1) is 0 Å². The van der Waals surface area contributed by atoms with Crippen molar-refractivity contribution >= 4 is 0 Å². The Morgan fingerprint density at radius 1 is 1.32 bits per heavy atom. The lowest BCUT2D eigenvalue weighted by molar-refractivity contribution is 0.275. The molecule has 1 aromatic rings. The van der Waals surface area contributed by atoms with Gasteiger partial charge in [0.1, 0.15) is 0 Å². The van der Waals surface area contributed by atoms with Crippen LogP contribution in [-0.2, 0) is 6.54 Å². The molecule has 0 aliphatic heterocycles. The lowest BCUT2D eigenvalue weighted by Gasteiger charge is -2.26. The monoisotopic (exact) mass is 263 g/mol. The van der Waals surface area contributed by atoms with E-state index < -0.39 is 0 Å². The molecule has 0 unspecified atom stereocenters. The topological polar surface area (TPSA) is 29.9 Å². The van der Waals surface area contributed by atoms with E-state index in [1.807, 2.05) is 10.9 Å². The van der Waals surface area contributed by atoms with Crippen molar-refractivity contribution in [2.24, 2.45) is 11.8 Å². The van der Waals surface area contributed by atoms with Gasteiger partial charge in [-0.3, -0.25) is 4.68 Å². The van der Waals surface area contributed by atoms with Gasteiger partial charge in [0.05, 0.1) is 6.20 Å². The third-order valence-corrected chi connectivity index (χ3v) is 4.38. The van der Waals surface area contributed by atoms with Crippen LogP contribution < -0.4 is 5.32 Å². The summed E-state index contributed by atoms with van der Waals surface area (Å²) in [5.74, 6) is 1.92. The maximum atomic E-state index is 4.37. The zero-order valence-corrected chi connectivity index (χ0v) is 12.7. The molecule has 1 aromatic heterocycles. The summed E-state index contributed by atoms with van der Waals surface area (Å²) >= 11 is 0. The minimum atomic E-state index is 0.456. The smallest absolute Gasteiger partial charge is 0.0534 e. The maximum absolute atomic E-state index is 4.37. The number of nitrogens with one attached hydrogen (secondary N) is 1. The molecular weight excluding hydrogens is 234 g/mol. The highest BCUT2D eigenvalue weighted by molar-refractivity contribution is 5.03. The minimum absolute atomic E-state index is 0.456. The van der Waals surface area contributed by atoms with Crippen LogP contribution in [0.25, 0.3) is 0 Å². The van der Waals surface area contributed by atoms with E-state index in [4.69, 9.17) is 0 Å². The van der Waals surface area contributed by atoms with Gasteiger partial charge in [0.15, 0.2) is 0 Å². The summed E-state index contributed by atoms with van der Waals surface area (Å²) in [5, 5.41) is 7.93. The summed E-state index contributed by atoms with van der Waals surface area (Å²) < 4.78 is 2.03. The molecule has 1 aliphatic rings. The summed E-state index contributed by atoms with van der Waals surface area (Å²) in [5.41, 5.74) is 1.30. The second kappa shape index (κ2) is 7.09. The molecule has 1 fully saturated rings. The highest BCUT2D eigenvalue weighted by Gasteiger charge is 2.17. The van der Waals surface area contributed by atoms with Crippen molar-refractivity contribution in [3.05, 3.63) is 18.0 Å². The van der Waals surface area contributed by atoms with Gasteiger partial charge in [-0.05, 0) is 38.6 Å². The summed E-state index contributed by atoms with van der Waals surface area (Å²) in [6.45, 7) is 8.81. The number of nitrogens with zero attached hydrogens (tertiary/aromatic N) is 2. The molecule has 2 rings (SSSR count). The quantitative estimate of drug-likeness (QED) is 0.792. The van der Waals surface area contributed by atoms with Crippen LogP contribution in [0.3, 0.4) is 0 Å². The van der Waals surface area contributed by atoms with E-state index in [-0.39, 0.29) is 0 Å². The highest BCUT2D eigenvalue weighted by Crippen LogP contribution is 2.29. The Morgan fingerprint density at radius 3 is 2.68 bits per heavy atom. The molecule has 1 N–H and O–H groups in total. The number of aromatic nitrogens is 2. The first-order chi connectivity index (χ1) is 9.15. The number of rotatable bonds is 6. The Labute approximate surface area is 117 Å². The lowest BCUT2D eigenvalue weighted by Crippen LogP contribution is -2.20. The Hall–Kier alpha value is -0.830. The molecule has 3 heteroatoms. The van der Waals surface area contributed by atoms with Crippen molar-refractivity contribution in [3.63, 3.8) is 0 Å². The van der Waals surface area contributed by atoms with E-state index in [0.717, 1.165) is 24.9 Å². The molecule has 0 bridgehead atoms. The fourth-order valence-electron chi connectivity index (χ4n) is 2.91. The Balaban J connectivity index is 1.61. The van der Waals surface area contributed by atoms with E-state index >= 15 is 0 Å². The molecule has 0 radical (unpaired) electrons. The van der Waals surface area contributed by atoms with Crippen molar-refractivity contribution in [1.29, 1.82) is 0 Å². The van der Waals surface area contributed by atoms with Crippen molar-refractivity contribution < 1.29 is 0 Å². The zero-order valence-electron chi connectivity index (χ0n) is 12.7. The van der Waals surface area contributed by atoms with Crippen LogP contribution in [0.15, 0.2) is 12.4 Å². The predicted octanol–water partition coefficient (Wildman–Crippen LogP) is 3.77. The van der Waals surface area contributed by atoms with E-state index in [2.05, 4.69) is 37.4 Å². The molecule has 0 atom stereocenters. The second-order valence-corrected chi connectivity index (χ2v) is 6.51. The fourth-order valence-corrected chi connectivity index (χ4v) is 2.91. The largest absolute Gasteiger partial charge is 0.313 e. The molecule has 0 amide bonds. The number of hydrogen-bond acceptors (Lipinski definition) is 2. The van der Waals surface area contributed by atoms with Crippen molar-refractivity contribution in [2.45, 2.75) is 65.5 Å². The Kier molecular flexibility index (Phi) is 5.44. The second-order valence-electron chi connectivity index (χ2n) is 6.51. The van der Waals surface area contributed by atoms with Crippen molar-refractivity contribution in [2.75, 3.05) is 6.54 Å². The molecule has 0 saturated heterocycles. The van der Waals surface area contributed by atoms with Gasteiger partial charge < -0.3 is 5.32 Å². The molecule has 1 saturated carbocycles. The van der Waals surface area contributed by atoms with E-state index in [9.17, 15) is 0 Å². The van der Waals surface area contributed by atoms with Crippen LogP contribution in [0, 0.1) is 11.8 Å². The van der Waals surface area contributed by atoms with Gasteiger partial charge in [0.25, 0.3) is 0 Å². The molecule has 0 spiro atoms. The molecule has 1 aliphatic carbocycles. The third kappa shape index (κ3) is 4.64. The zero-order chi connectivity index (χ0) is 13.7. The van der Waals surface area contributed by atoms with Gasteiger partial charge in [0.2, 0.25) is 0 Å². The first-order valence-corrected chi connectivity index (χ1v) is 7.89. The van der Waals surface area contributed by atoms with Crippen LogP contribution >= 0.6 is 0 Å². The Bertz CT molecular complexity index is 362. The minimum Gasteiger partial charge on any atom is -0.313 e.